The van der Waals surface area contributed by atoms with Gasteiger partial charge in [0.15, 0.2) is 0 Å². The van der Waals surface area contributed by atoms with Crippen LogP contribution in [0.5, 0.6) is 0 Å². The van der Waals surface area contributed by atoms with Crippen LogP contribution in [0.3, 0.4) is 0 Å². The number of hydrogen-bond acceptors (Lipinski definition) is 6. The number of nitrogens with two attached hydrogens (primary N) is 1. The van der Waals surface area contributed by atoms with Crippen molar-refractivity contribution in [3.63, 3.8) is 0 Å². The number of nitrogens with one attached hydrogen (secondary N) is 1. The van der Waals surface area contributed by atoms with Crippen LogP contribution in [0.25, 0.3) is 0 Å². The summed E-state index contributed by atoms with van der Waals surface area (Å²) in [5.41, 5.74) is 4.98. The highest BCUT2D eigenvalue weighted by Gasteiger charge is 2.58. The van der Waals surface area contributed by atoms with E-state index in [-0.39, 0.29) is 11.8 Å². The first-order valence-corrected chi connectivity index (χ1v) is 11.8. The van der Waals surface area contributed by atoms with Crippen LogP contribution in [0.4, 0.5) is 0 Å². The number of aliphatic hydroxyl groups is 1. The van der Waals surface area contributed by atoms with Crippen LogP contribution in [-0.2, 0) is 19.3 Å². The third kappa shape index (κ3) is 5.01. The van der Waals surface area contributed by atoms with Gasteiger partial charge in [0.2, 0.25) is 17.5 Å². The van der Waals surface area contributed by atoms with Gasteiger partial charge in [-0.2, -0.15) is 9.78 Å². The van der Waals surface area contributed by atoms with Crippen LogP contribution in [0.1, 0.15) is 91.4 Å². The van der Waals surface area contributed by atoms with Gasteiger partial charge in [0.05, 0.1) is 5.60 Å². The van der Waals surface area contributed by atoms with E-state index in [1.54, 1.807) is 0 Å². The largest absolute Gasteiger partial charge is 0.390 e. The Kier molecular flexibility index (Phi) is 5.99. The van der Waals surface area contributed by atoms with E-state index in [9.17, 15) is 9.90 Å². The number of ether oxygens (including phenoxy) is 1. The molecular weight excluding hydrogens is 384 g/mol. The molecule has 7 nitrogen and oxygen atoms in total. The van der Waals surface area contributed by atoms with Gasteiger partial charge < -0.3 is 20.9 Å². The van der Waals surface area contributed by atoms with Gasteiger partial charge in [0.25, 0.3) is 0 Å². The average Bonchev–Trinajstić information content (AvgIpc) is 2.99. The summed E-state index contributed by atoms with van der Waals surface area (Å²) in [6.45, 7) is 6.27. The Morgan fingerprint density at radius 2 is 1.90 bits per heavy atom. The third-order valence-electron chi connectivity index (χ3n) is 7.74. The molecule has 172 valence electrons. The Morgan fingerprint density at radius 3 is 2.57 bits per heavy atom. The van der Waals surface area contributed by atoms with Crippen molar-refractivity contribution >= 4 is 5.91 Å². The summed E-state index contributed by atoms with van der Waals surface area (Å²) in [5, 5.41) is 13.9. The average molecular weight is 425 g/mol. The predicted octanol–water partition coefficient (Wildman–Crippen LogP) is 3.14. The van der Waals surface area contributed by atoms with Crippen molar-refractivity contribution in [1.82, 2.24) is 5.32 Å². The lowest BCUT2D eigenvalue weighted by Crippen LogP contribution is -2.50. The van der Waals surface area contributed by atoms with E-state index in [2.05, 4.69) is 5.32 Å². The first kappa shape index (κ1) is 22.5. The molecule has 4 atom stereocenters. The molecule has 3 saturated carbocycles. The van der Waals surface area contributed by atoms with Crippen molar-refractivity contribution in [2.75, 3.05) is 6.54 Å². The van der Waals surface area contributed by atoms with Crippen LogP contribution >= 0.6 is 0 Å². The van der Waals surface area contributed by atoms with E-state index < -0.39 is 22.7 Å². The summed E-state index contributed by atoms with van der Waals surface area (Å²) in [6, 6.07) is 0. The Labute approximate surface area is 180 Å². The lowest BCUT2D eigenvalue weighted by atomic mass is 9.63. The Hall–Kier alpha value is -0.730. The molecule has 30 heavy (non-hydrogen) atoms. The highest BCUT2D eigenvalue weighted by atomic mass is 17.3. The molecule has 0 aromatic carbocycles. The van der Waals surface area contributed by atoms with Gasteiger partial charge in [-0.1, -0.05) is 12.8 Å². The normalized spacial score (nSPS) is 44.2. The number of amides is 1. The zero-order valence-corrected chi connectivity index (χ0v) is 18.9. The number of fused-ring (bicyclic) bond motifs is 2. The molecule has 4 fully saturated rings. The maximum Gasteiger partial charge on any atom is 0.220 e. The first-order valence-electron chi connectivity index (χ1n) is 11.8. The number of carbonyl (C=O) groups is 1. The SMILES string of the molecule is CC(C)(N)CNC(=O)CC1CCC2(CC1)OO[C@@](C)(C1CC3CCC[C@@](O)(C3)C1)O2. The molecule has 1 aliphatic heterocycles. The fourth-order valence-corrected chi connectivity index (χ4v) is 6.07. The Morgan fingerprint density at radius 1 is 1.17 bits per heavy atom. The highest BCUT2D eigenvalue weighted by Crippen LogP contribution is 2.54. The molecule has 1 saturated heterocycles. The number of rotatable bonds is 5. The molecule has 4 rings (SSSR count). The minimum Gasteiger partial charge on any atom is -0.390 e. The minimum atomic E-state index is -0.805. The standard InChI is InChI=1S/C23H40N2O5/c1-20(2,24)15-25-19(26)12-16-6-9-23(10-7-16)28-21(3,29-30-23)18-11-17-5-4-8-22(27,13-17)14-18/h16-18,27H,4-15,24H2,1-3H3,(H,25,26)/t16?,17?,18?,21-,22+,23?/m0/s1. The lowest BCUT2D eigenvalue weighted by molar-refractivity contribution is -0.363. The zero-order chi connectivity index (χ0) is 21.6. The van der Waals surface area contributed by atoms with E-state index in [0.29, 0.717) is 24.8 Å². The summed E-state index contributed by atoms with van der Waals surface area (Å²) in [4.78, 5) is 23.9. The fraction of sp³-hybridized carbons (Fsp3) is 0.957. The molecule has 0 radical (unpaired) electrons. The van der Waals surface area contributed by atoms with E-state index in [1.807, 2.05) is 20.8 Å². The molecule has 1 spiro atoms. The minimum absolute atomic E-state index is 0.0609. The summed E-state index contributed by atoms with van der Waals surface area (Å²) in [6.07, 6.45) is 9.55. The van der Waals surface area contributed by atoms with E-state index in [0.717, 1.165) is 57.8 Å². The zero-order valence-electron chi connectivity index (χ0n) is 18.9. The summed E-state index contributed by atoms with van der Waals surface area (Å²) < 4.78 is 6.50. The van der Waals surface area contributed by atoms with Gasteiger partial charge in [-0.3, -0.25) is 4.79 Å². The molecule has 2 unspecified atom stereocenters. The highest BCUT2D eigenvalue weighted by molar-refractivity contribution is 5.76. The summed E-state index contributed by atoms with van der Waals surface area (Å²) in [5.74, 6) is -0.437. The molecular formula is C23H40N2O5. The van der Waals surface area contributed by atoms with Crippen molar-refractivity contribution in [2.24, 2.45) is 23.5 Å². The van der Waals surface area contributed by atoms with Gasteiger partial charge in [0, 0.05) is 37.3 Å². The molecule has 0 aromatic heterocycles. The molecule has 0 aromatic rings. The predicted molar refractivity (Wildman–Crippen MR) is 112 cm³/mol. The molecule has 7 heteroatoms. The van der Waals surface area contributed by atoms with Gasteiger partial charge in [0.1, 0.15) is 0 Å². The maximum absolute atomic E-state index is 12.2. The van der Waals surface area contributed by atoms with Crippen molar-refractivity contribution < 1.29 is 24.4 Å². The number of carbonyl (C=O) groups excluding carboxylic acids is 1. The molecule has 3 aliphatic carbocycles. The van der Waals surface area contributed by atoms with Gasteiger partial charge in [-0.05, 0) is 71.1 Å². The van der Waals surface area contributed by atoms with Crippen LogP contribution in [0.2, 0.25) is 0 Å². The van der Waals surface area contributed by atoms with Crippen molar-refractivity contribution in [1.29, 1.82) is 0 Å². The maximum atomic E-state index is 12.2. The van der Waals surface area contributed by atoms with Gasteiger partial charge in [-0.15, -0.1) is 0 Å². The van der Waals surface area contributed by atoms with Crippen molar-refractivity contribution in [3.8, 4) is 0 Å². The van der Waals surface area contributed by atoms with E-state index >= 15 is 0 Å². The van der Waals surface area contributed by atoms with Crippen LogP contribution in [-0.4, -0.2) is 40.3 Å². The molecule has 4 N–H and O–H groups in total. The van der Waals surface area contributed by atoms with E-state index in [4.69, 9.17) is 20.2 Å². The van der Waals surface area contributed by atoms with Crippen LogP contribution in [0, 0.1) is 17.8 Å². The monoisotopic (exact) mass is 424 g/mol. The smallest absolute Gasteiger partial charge is 0.220 e. The molecule has 2 bridgehead atoms. The Balaban J connectivity index is 1.29. The summed E-state index contributed by atoms with van der Waals surface area (Å²) >= 11 is 0. The van der Waals surface area contributed by atoms with Crippen LogP contribution < -0.4 is 11.1 Å². The fourth-order valence-electron chi connectivity index (χ4n) is 6.07. The second kappa shape index (κ2) is 8.00. The van der Waals surface area contributed by atoms with Gasteiger partial charge >= 0.3 is 0 Å². The molecule has 4 aliphatic rings. The second-order valence-corrected chi connectivity index (χ2v) is 11.4. The lowest BCUT2D eigenvalue weighted by Gasteiger charge is -2.48. The number of hydrogen-bond donors (Lipinski definition) is 3. The Bertz CT molecular complexity index is 642. The van der Waals surface area contributed by atoms with Gasteiger partial charge in [-0.25, -0.2) is 0 Å². The van der Waals surface area contributed by atoms with Crippen molar-refractivity contribution in [3.05, 3.63) is 0 Å². The third-order valence-corrected chi connectivity index (χ3v) is 7.74. The van der Waals surface area contributed by atoms with Crippen molar-refractivity contribution in [2.45, 2.75) is 114 Å². The molecule has 1 amide bonds. The first-order chi connectivity index (χ1) is 14.0. The van der Waals surface area contributed by atoms with E-state index in [1.165, 1.54) is 6.42 Å². The van der Waals surface area contributed by atoms with Crippen LogP contribution in [0.15, 0.2) is 0 Å². The topological polar surface area (TPSA) is 103 Å². The summed E-state index contributed by atoms with van der Waals surface area (Å²) in [7, 11) is 0. The quantitative estimate of drug-likeness (QED) is 0.586. The second-order valence-electron chi connectivity index (χ2n) is 11.4. The molecule has 1 heterocycles.